The first-order valence-electron chi connectivity index (χ1n) is 12.8. The van der Waals surface area contributed by atoms with E-state index < -0.39 is 0 Å². The minimum atomic E-state index is 0.0196. The predicted molar refractivity (Wildman–Crippen MR) is 145 cm³/mol. The number of nitrogens with one attached hydrogen (secondary N) is 1. The quantitative estimate of drug-likeness (QED) is 0.264. The number of aromatic nitrogens is 3. The van der Waals surface area contributed by atoms with Crippen LogP contribution >= 0.6 is 0 Å². The predicted octanol–water partition coefficient (Wildman–Crippen LogP) is 5.32. The van der Waals surface area contributed by atoms with Crippen molar-refractivity contribution in [2.24, 2.45) is 0 Å². The lowest BCUT2D eigenvalue weighted by molar-refractivity contribution is -0.122. The van der Waals surface area contributed by atoms with Gasteiger partial charge in [0.25, 0.3) is 0 Å². The lowest BCUT2D eigenvalue weighted by Crippen LogP contribution is -2.22. The van der Waals surface area contributed by atoms with Crippen LogP contribution < -0.4 is 11.1 Å². The van der Waals surface area contributed by atoms with Crippen LogP contribution in [0.15, 0.2) is 48.5 Å². The Labute approximate surface area is 212 Å². The largest absolute Gasteiger partial charge is 0.382 e. The van der Waals surface area contributed by atoms with Gasteiger partial charge in [-0.3, -0.25) is 4.79 Å². The van der Waals surface area contributed by atoms with Crippen LogP contribution in [0, 0.1) is 0 Å². The molecular weight excluding hydrogens is 450 g/mol. The molecule has 0 saturated heterocycles. The number of rotatable bonds is 12. The van der Waals surface area contributed by atoms with Crippen molar-refractivity contribution < 1.29 is 9.59 Å². The summed E-state index contributed by atoms with van der Waals surface area (Å²) in [6.45, 7) is 4.95. The van der Waals surface area contributed by atoms with Gasteiger partial charge in [-0.05, 0) is 43.4 Å². The van der Waals surface area contributed by atoms with E-state index in [4.69, 9.17) is 10.7 Å². The number of carbonyl (C=O) groups excluding carboxylic acids is 2. The van der Waals surface area contributed by atoms with Crippen LogP contribution in [-0.2, 0) is 29.1 Å². The third-order valence-electron chi connectivity index (χ3n) is 6.48. The zero-order valence-corrected chi connectivity index (χ0v) is 21.2. The van der Waals surface area contributed by atoms with Gasteiger partial charge in [0.2, 0.25) is 5.91 Å². The van der Waals surface area contributed by atoms with Crippen LogP contribution in [0.25, 0.3) is 21.9 Å². The van der Waals surface area contributed by atoms with Gasteiger partial charge >= 0.3 is 0 Å². The van der Waals surface area contributed by atoms with Crippen molar-refractivity contribution in [3.05, 3.63) is 65.5 Å². The van der Waals surface area contributed by atoms with Gasteiger partial charge in [-0.15, -0.1) is 0 Å². The summed E-state index contributed by atoms with van der Waals surface area (Å²) in [5.41, 5.74) is 11.2. The molecule has 2 aromatic carbocycles. The fraction of sp³-hybridized carbons (Fsp3) is 0.379. The van der Waals surface area contributed by atoms with E-state index in [0.29, 0.717) is 31.7 Å². The number of Topliss-reactive ketones (excluding diaryl/α,β-unsaturated/α-hetero) is 1. The fourth-order valence-corrected chi connectivity index (χ4v) is 4.49. The number of pyridine rings is 1. The number of hydrogen-bond donors (Lipinski definition) is 2. The van der Waals surface area contributed by atoms with Crippen LogP contribution in [-0.4, -0.2) is 26.2 Å². The van der Waals surface area contributed by atoms with Crippen LogP contribution in [0.3, 0.4) is 0 Å². The Kier molecular flexibility index (Phi) is 8.31. The molecule has 4 aromatic rings. The molecule has 7 heteroatoms. The molecule has 0 fully saturated rings. The zero-order chi connectivity index (χ0) is 25.5. The summed E-state index contributed by atoms with van der Waals surface area (Å²) < 4.78 is 2.28. The molecular formula is C29H35N5O2. The maximum atomic E-state index is 12.1. The third-order valence-corrected chi connectivity index (χ3v) is 6.48. The molecule has 36 heavy (non-hydrogen) atoms. The number of carbonyl (C=O) groups is 2. The second-order valence-corrected chi connectivity index (χ2v) is 9.43. The number of imidazole rings is 1. The zero-order valence-electron chi connectivity index (χ0n) is 21.2. The van der Waals surface area contributed by atoms with Crippen molar-refractivity contribution in [3.63, 3.8) is 0 Å². The van der Waals surface area contributed by atoms with Crippen LogP contribution in [0.5, 0.6) is 0 Å². The number of benzene rings is 2. The Hall–Kier alpha value is -3.74. The number of nitrogens with two attached hydrogens (primary N) is 1. The van der Waals surface area contributed by atoms with E-state index in [-0.39, 0.29) is 11.7 Å². The molecule has 0 aliphatic heterocycles. The van der Waals surface area contributed by atoms with Gasteiger partial charge < -0.3 is 20.4 Å². The van der Waals surface area contributed by atoms with E-state index >= 15 is 0 Å². The number of nitrogens with zero attached hydrogens (tertiary/aromatic N) is 3. The summed E-state index contributed by atoms with van der Waals surface area (Å²) in [5.74, 6) is 1.68. The molecule has 7 nitrogen and oxygen atoms in total. The summed E-state index contributed by atoms with van der Waals surface area (Å²) >= 11 is 0. The minimum Gasteiger partial charge on any atom is -0.382 e. The molecule has 0 atom stereocenters. The number of amides is 1. The first kappa shape index (κ1) is 25.4. The first-order chi connectivity index (χ1) is 17.5. The van der Waals surface area contributed by atoms with Crippen molar-refractivity contribution in [2.75, 3.05) is 5.73 Å². The van der Waals surface area contributed by atoms with Crippen LogP contribution in [0.4, 0.5) is 5.82 Å². The summed E-state index contributed by atoms with van der Waals surface area (Å²) in [4.78, 5) is 32.6. The molecule has 1 amide bonds. The number of anilines is 1. The minimum absolute atomic E-state index is 0.0196. The van der Waals surface area contributed by atoms with E-state index in [0.717, 1.165) is 71.0 Å². The normalized spacial score (nSPS) is 11.3. The summed E-state index contributed by atoms with van der Waals surface area (Å²) in [5, 5.41) is 4.03. The van der Waals surface area contributed by atoms with Gasteiger partial charge in [0.05, 0.1) is 11.0 Å². The van der Waals surface area contributed by atoms with E-state index in [1.807, 2.05) is 18.2 Å². The number of aryl methyl sites for hydroxylation is 1. The Morgan fingerprint density at radius 1 is 0.944 bits per heavy atom. The molecule has 0 radical (unpaired) electrons. The lowest BCUT2D eigenvalue weighted by atomic mass is 10.1. The molecule has 2 heterocycles. The van der Waals surface area contributed by atoms with Gasteiger partial charge in [-0.1, -0.05) is 55.8 Å². The molecule has 0 unspecified atom stereocenters. The highest BCUT2D eigenvalue weighted by molar-refractivity contribution is 6.06. The number of para-hydroxylation sites is 1. The second-order valence-electron chi connectivity index (χ2n) is 9.43. The van der Waals surface area contributed by atoms with Crippen LogP contribution in [0.1, 0.15) is 69.3 Å². The Balaban J connectivity index is 1.50. The monoisotopic (exact) mass is 485 g/mol. The summed E-state index contributed by atoms with van der Waals surface area (Å²) in [6.07, 6.45) is 5.52. The van der Waals surface area contributed by atoms with Crippen LogP contribution in [0.2, 0.25) is 0 Å². The Bertz CT molecular complexity index is 1360. The van der Waals surface area contributed by atoms with E-state index in [1.54, 1.807) is 6.92 Å². The molecule has 4 rings (SSSR count). The SMILES string of the molecule is CCCCc1nc2c(N)nc3ccccc3c2n1Cc1ccc(CNC(=O)CCCCC(C)=O)cc1. The van der Waals surface area contributed by atoms with Crippen molar-refractivity contribution in [2.45, 2.75) is 71.9 Å². The van der Waals surface area contributed by atoms with E-state index in [2.05, 4.69) is 52.1 Å². The maximum absolute atomic E-state index is 12.1. The highest BCUT2D eigenvalue weighted by atomic mass is 16.1. The second kappa shape index (κ2) is 11.8. The molecule has 0 spiro atoms. The molecule has 3 N–H and O–H groups in total. The standard InChI is InChI=1S/C29H35N5O2/c1-3-4-12-25-33-27-28(23-10-6-7-11-24(23)32-29(27)30)34(25)19-22-16-14-21(15-17-22)18-31-26(36)13-8-5-9-20(2)35/h6-7,10-11,14-17H,3-5,8-9,12-13,18-19H2,1-2H3,(H2,30,32)(H,31,36). The molecule has 0 aliphatic rings. The number of hydrogen-bond acceptors (Lipinski definition) is 5. The van der Waals surface area contributed by atoms with E-state index in [9.17, 15) is 9.59 Å². The average molecular weight is 486 g/mol. The van der Waals surface area contributed by atoms with Crippen molar-refractivity contribution in [1.82, 2.24) is 19.9 Å². The third kappa shape index (κ3) is 6.08. The number of fused-ring (bicyclic) bond motifs is 3. The lowest BCUT2D eigenvalue weighted by Gasteiger charge is -2.12. The van der Waals surface area contributed by atoms with Crippen molar-refractivity contribution in [1.29, 1.82) is 0 Å². The number of unbranched alkanes of at least 4 members (excludes halogenated alkanes) is 2. The van der Waals surface area contributed by atoms with Crippen molar-refractivity contribution >= 4 is 39.4 Å². The molecule has 0 bridgehead atoms. The van der Waals surface area contributed by atoms with Gasteiger partial charge in [0, 0.05) is 37.7 Å². The Morgan fingerprint density at radius 2 is 1.67 bits per heavy atom. The highest BCUT2D eigenvalue weighted by Crippen LogP contribution is 2.30. The topological polar surface area (TPSA) is 103 Å². The average Bonchev–Trinajstić information content (AvgIpc) is 3.24. The number of nitrogen functional groups attached to an aromatic ring is 1. The Morgan fingerprint density at radius 3 is 2.42 bits per heavy atom. The first-order valence-corrected chi connectivity index (χ1v) is 12.8. The molecule has 188 valence electrons. The molecule has 0 saturated carbocycles. The van der Waals surface area contributed by atoms with Gasteiger partial charge in [0.15, 0.2) is 5.82 Å². The molecule has 2 aromatic heterocycles. The van der Waals surface area contributed by atoms with E-state index in [1.165, 1.54) is 0 Å². The smallest absolute Gasteiger partial charge is 0.220 e. The summed E-state index contributed by atoms with van der Waals surface area (Å²) in [6, 6.07) is 16.4. The summed E-state index contributed by atoms with van der Waals surface area (Å²) in [7, 11) is 0. The van der Waals surface area contributed by atoms with Gasteiger partial charge in [-0.25, -0.2) is 9.97 Å². The van der Waals surface area contributed by atoms with Gasteiger partial charge in [0.1, 0.15) is 17.1 Å². The fourth-order valence-electron chi connectivity index (χ4n) is 4.49. The maximum Gasteiger partial charge on any atom is 0.220 e. The van der Waals surface area contributed by atoms with Crippen molar-refractivity contribution in [3.8, 4) is 0 Å². The highest BCUT2D eigenvalue weighted by Gasteiger charge is 2.17. The van der Waals surface area contributed by atoms with Gasteiger partial charge in [-0.2, -0.15) is 0 Å². The molecule has 0 aliphatic carbocycles. The number of ketones is 1.